The van der Waals surface area contributed by atoms with Gasteiger partial charge in [0, 0.05) is 18.2 Å². The van der Waals surface area contributed by atoms with Gasteiger partial charge in [-0.25, -0.2) is 0 Å². The van der Waals surface area contributed by atoms with Crippen molar-refractivity contribution in [3.63, 3.8) is 0 Å². The summed E-state index contributed by atoms with van der Waals surface area (Å²) < 4.78 is 5.95. The molecule has 0 aliphatic heterocycles. The number of para-hydroxylation sites is 1. The lowest BCUT2D eigenvalue weighted by molar-refractivity contribution is 0.297. The second kappa shape index (κ2) is 8.31. The Hall–Kier alpha value is -1.02. The fourth-order valence-electron chi connectivity index (χ4n) is 2.07. The van der Waals surface area contributed by atoms with Crippen LogP contribution < -0.4 is 10.1 Å². The molecule has 0 heterocycles. The molecule has 1 aromatic rings. The third-order valence-electron chi connectivity index (χ3n) is 3.33. The Kier molecular flexibility index (Phi) is 7.08. The lowest BCUT2D eigenvalue weighted by atomic mass is 9.96. The van der Waals surface area contributed by atoms with Crippen molar-refractivity contribution in [3.8, 4) is 5.75 Å². The SMILES string of the molecule is CCCCCOc1ccccc1C(C)NCC(C)(C)C. The Morgan fingerprint density at radius 3 is 2.50 bits per heavy atom. The molecule has 20 heavy (non-hydrogen) atoms. The third-order valence-corrected chi connectivity index (χ3v) is 3.33. The zero-order valence-electron chi connectivity index (χ0n) is 13.8. The van der Waals surface area contributed by atoms with Gasteiger partial charge in [0.25, 0.3) is 0 Å². The number of benzene rings is 1. The van der Waals surface area contributed by atoms with Gasteiger partial charge in [0.15, 0.2) is 0 Å². The number of hydrogen-bond donors (Lipinski definition) is 1. The van der Waals surface area contributed by atoms with Crippen LogP contribution in [0.3, 0.4) is 0 Å². The van der Waals surface area contributed by atoms with Gasteiger partial charge >= 0.3 is 0 Å². The molecule has 1 atom stereocenters. The molecule has 1 unspecified atom stereocenters. The lowest BCUT2D eigenvalue weighted by Gasteiger charge is -2.24. The highest BCUT2D eigenvalue weighted by Crippen LogP contribution is 2.26. The van der Waals surface area contributed by atoms with E-state index in [0.717, 1.165) is 25.3 Å². The minimum Gasteiger partial charge on any atom is -0.493 e. The highest BCUT2D eigenvalue weighted by Gasteiger charge is 2.15. The van der Waals surface area contributed by atoms with Crippen LogP contribution in [0.4, 0.5) is 0 Å². The second-order valence-electron chi connectivity index (χ2n) is 6.76. The van der Waals surface area contributed by atoms with Crippen molar-refractivity contribution in [2.45, 2.75) is 59.9 Å². The molecule has 0 amide bonds. The first-order chi connectivity index (χ1) is 9.44. The summed E-state index contributed by atoms with van der Waals surface area (Å²) in [7, 11) is 0. The Morgan fingerprint density at radius 2 is 1.85 bits per heavy atom. The van der Waals surface area contributed by atoms with Crippen LogP contribution in [0.2, 0.25) is 0 Å². The van der Waals surface area contributed by atoms with E-state index in [-0.39, 0.29) is 0 Å². The van der Waals surface area contributed by atoms with Crippen molar-refractivity contribution in [1.29, 1.82) is 0 Å². The normalized spacial score (nSPS) is 13.2. The van der Waals surface area contributed by atoms with Gasteiger partial charge in [0.05, 0.1) is 6.61 Å². The van der Waals surface area contributed by atoms with Crippen LogP contribution >= 0.6 is 0 Å². The highest BCUT2D eigenvalue weighted by atomic mass is 16.5. The number of nitrogens with one attached hydrogen (secondary N) is 1. The molecular formula is C18H31NO. The number of unbranched alkanes of at least 4 members (excludes halogenated alkanes) is 2. The van der Waals surface area contributed by atoms with Gasteiger partial charge < -0.3 is 10.1 Å². The summed E-state index contributed by atoms with van der Waals surface area (Å²) in [4.78, 5) is 0. The molecule has 0 bridgehead atoms. The van der Waals surface area contributed by atoms with Gasteiger partial charge in [-0.05, 0) is 24.8 Å². The van der Waals surface area contributed by atoms with Crippen molar-refractivity contribution in [2.75, 3.05) is 13.2 Å². The summed E-state index contributed by atoms with van der Waals surface area (Å²) in [6, 6.07) is 8.70. The van der Waals surface area contributed by atoms with Gasteiger partial charge in [-0.3, -0.25) is 0 Å². The summed E-state index contributed by atoms with van der Waals surface area (Å²) in [5, 5.41) is 3.60. The van der Waals surface area contributed by atoms with Crippen molar-refractivity contribution in [2.24, 2.45) is 5.41 Å². The third kappa shape index (κ3) is 6.42. The van der Waals surface area contributed by atoms with Crippen LogP contribution in [0.5, 0.6) is 5.75 Å². The zero-order chi connectivity index (χ0) is 15.0. The standard InChI is InChI=1S/C18H31NO/c1-6-7-10-13-20-17-12-9-8-11-16(17)15(2)19-14-18(3,4)5/h8-9,11-12,15,19H,6-7,10,13-14H2,1-5H3. The number of ether oxygens (including phenoxy) is 1. The summed E-state index contributed by atoms with van der Waals surface area (Å²) in [6.07, 6.45) is 3.60. The molecule has 0 aliphatic carbocycles. The van der Waals surface area contributed by atoms with E-state index in [1.54, 1.807) is 0 Å². The van der Waals surface area contributed by atoms with E-state index < -0.39 is 0 Å². The van der Waals surface area contributed by atoms with Gasteiger partial charge in [-0.1, -0.05) is 58.7 Å². The van der Waals surface area contributed by atoms with Gasteiger partial charge in [-0.2, -0.15) is 0 Å². The first-order valence-corrected chi connectivity index (χ1v) is 7.89. The van der Waals surface area contributed by atoms with Crippen LogP contribution in [0.15, 0.2) is 24.3 Å². The molecule has 0 radical (unpaired) electrons. The first kappa shape index (κ1) is 17.0. The first-order valence-electron chi connectivity index (χ1n) is 7.89. The summed E-state index contributed by atoms with van der Waals surface area (Å²) >= 11 is 0. The summed E-state index contributed by atoms with van der Waals surface area (Å²) in [6.45, 7) is 13.0. The topological polar surface area (TPSA) is 21.3 Å². The van der Waals surface area contributed by atoms with E-state index >= 15 is 0 Å². The predicted molar refractivity (Wildman–Crippen MR) is 87.3 cm³/mol. The van der Waals surface area contributed by atoms with E-state index in [1.807, 2.05) is 0 Å². The minimum atomic E-state index is 0.297. The predicted octanol–water partition coefficient (Wildman–Crippen LogP) is 4.95. The van der Waals surface area contributed by atoms with Gasteiger partial charge in [-0.15, -0.1) is 0 Å². The molecule has 0 saturated carbocycles. The quantitative estimate of drug-likeness (QED) is 0.679. The summed E-state index contributed by atoms with van der Waals surface area (Å²) in [5.74, 6) is 1.03. The van der Waals surface area contributed by atoms with E-state index in [0.29, 0.717) is 11.5 Å². The van der Waals surface area contributed by atoms with Crippen LogP contribution in [0.1, 0.15) is 65.5 Å². The second-order valence-corrected chi connectivity index (χ2v) is 6.76. The largest absolute Gasteiger partial charge is 0.493 e. The van der Waals surface area contributed by atoms with Gasteiger partial charge in [0.2, 0.25) is 0 Å². The monoisotopic (exact) mass is 277 g/mol. The molecule has 2 nitrogen and oxygen atoms in total. The van der Waals surface area contributed by atoms with E-state index in [9.17, 15) is 0 Å². The van der Waals surface area contributed by atoms with Gasteiger partial charge in [0.1, 0.15) is 5.75 Å². The van der Waals surface area contributed by atoms with Crippen molar-refractivity contribution in [3.05, 3.63) is 29.8 Å². The Balaban J connectivity index is 2.59. The zero-order valence-corrected chi connectivity index (χ0v) is 13.8. The molecule has 0 aromatic heterocycles. The molecule has 114 valence electrons. The average molecular weight is 277 g/mol. The van der Waals surface area contributed by atoms with Crippen LogP contribution in [0.25, 0.3) is 0 Å². The molecule has 0 spiro atoms. The maximum absolute atomic E-state index is 5.95. The molecular weight excluding hydrogens is 246 g/mol. The fraction of sp³-hybridized carbons (Fsp3) is 0.667. The Labute approximate surface area is 124 Å². The van der Waals surface area contributed by atoms with Crippen LogP contribution in [-0.2, 0) is 0 Å². The molecule has 1 rings (SSSR count). The molecule has 2 heteroatoms. The van der Waals surface area contributed by atoms with E-state index in [2.05, 4.69) is 64.2 Å². The number of rotatable bonds is 8. The lowest BCUT2D eigenvalue weighted by Crippen LogP contribution is -2.29. The maximum Gasteiger partial charge on any atom is 0.124 e. The smallest absolute Gasteiger partial charge is 0.124 e. The van der Waals surface area contributed by atoms with E-state index in [1.165, 1.54) is 18.4 Å². The van der Waals surface area contributed by atoms with Crippen molar-refractivity contribution >= 4 is 0 Å². The average Bonchev–Trinajstić information content (AvgIpc) is 2.40. The van der Waals surface area contributed by atoms with E-state index in [4.69, 9.17) is 4.74 Å². The Bertz CT molecular complexity index is 381. The molecule has 1 aromatic carbocycles. The highest BCUT2D eigenvalue weighted by molar-refractivity contribution is 5.35. The molecule has 0 saturated heterocycles. The Morgan fingerprint density at radius 1 is 1.15 bits per heavy atom. The maximum atomic E-state index is 5.95. The van der Waals surface area contributed by atoms with Crippen LogP contribution in [0, 0.1) is 5.41 Å². The molecule has 0 fully saturated rings. The summed E-state index contributed by atoms with van der Waals surface area (Å²) in [5.41, 5.74) is 1.55. The fourth-order valence-corrected chi connectivity index (χ4v) is 2.07. The molecule has 1 N–H and O–H groups in total. The van der Waals surface area contributed by atoms with Crippen LogP contribution in [-0.4, -0.2) is 13.2 Å². The van der Waals surface area contributed by atoms with Crippen molar-refractivity contribution < 1.29 is 4.74 Å². The molecule has 0 aliphatic rings. The minimum absolute atomic E-state index is 0.297. The number of hydrogen-bond acceptors (Lipinski definition) is 2. The van der Waals surface area contributed by atoms with Crippen molar-refractivity contribution in [1.82, 2.24) is 5.32 Å².